The Labute approximate surface area is 80.5 Å². The average molecular weight is 191 g/mol. The van der Waals surface area contributed by atoms with Gasteiger partial charge in [-0.3, -0.25) is 4.79 Å². The molecule has 0 N–H and O–H groups in total. The van der Waals surface area contributed by atoms with E-state index in [4.69, 9.17) is 11.6 Å². The molecule has 0 saturated carbocycles. The van der Waals surface area contributed by atoms with E-state index in [-0.39, 0.29) is 5.24 Å². The van der Waals surface area contributed by atoms with Crippen LogP contribution < -0.4 is 0 Å². The maximum atomic E-state index is 10.5. The molecular weight excluding hydrogens is 172 g/mol. The number of carbonyl (C=O) groups excluding carboxylic acids is 1. The van der Waals surface area contributed by atoms with Gasteiger partial charge in [-0.15, -0.1) is 0 Å². The van der Waals surface area contributed by atoms with Gasteiger partial charge in [0, 0.05) is 6.42 Å². The second-order valence-corrected chi connectivity index (χ2v) is 3.73. The van der Waals surface area contributed by atoms with Crippen molar-refractivity contribution in [2.75, 3.05) is 0 Å². The lowest BCUT2D eigenvalue weighted by atomic mass is 9.95. The summed E-state index contributed by atoms with van der Waals surface area (Å²) in [5.41, 5.74) is 0. The Kier molecular flexibility index (Phi) is 7.58. The molecule has 12 heavy (non-hydrogen) atoms. The molecule has 0 unspecified atom stereocenters. The lowest BCUT2D eigenvalue weighted by molar-refractivity contribution is -0.111. The average Bonchev–Trinajstić information content (AvgIpc) is 2.05. The predicted molar refractivity (Wildman–Crippen MR) is 53.4 cm³/mol. The highest BCUT2D eigenvalue weighted by molar-refractivity contribution is 6.63. The first-order valence-corrected chi connectivity index (χ1v) is 5.26. The molecule has 0 heterocycles. The Balaban J connectivity index is 3.45. The predicted octanol–water partition coefficient (Wildman–Crippen LogP) is 3.75. The Bertz CT molecular complexity index is 123. The number of rotatable bonds is 7. The first-order chi connectivity index (χ1) is 5.70. The molecule has 0 saturated heterocycles. The van der Waals surface area contributed by atoms with Gasteiger partial charge in [0.05, 0.1) is 0 Å². The summed E-state index contributed by atoms with van der Waals surface area (Å²) >= 11 is 5.27. The highest BCUT2D eigenvalue weighted by Gasteiger charge is 2.07. The van der Waals surface area contributed by atoms with E-state index in [0.29, 0.717) is 12.3 Å². The highest BCUT2D eigenvalue weighted by atomic mass is 35.5. The van der Waals surface area contributed by atoms with E-state index >= 15 is 0 Å². The van der Waals surface area contributed by atoms with Gasteiger partial charge in [0.1, 0.15) is 0 Å². The maximum Gasteiger partial charge on any atom is 0.221 e. The molecule has 0 aromatic heterocycles. The van der Waals surface area contributed by atoms with E-state index in [1.807, 2.05) is 0 Å². The van der Waals surface area contributed by atoms with Crippen LogP contribution in [0.25, 0.3) is 0 Å². The zero-order valence-corrected chi connectivity index (χ0v) is 8.86. The minimum Gasteiger partial charge on any atom is -0.281 e. The summed E-state index contributed by atoms with van der Waals surface area (Å²) < 4.78 is 0. The molecule has 0 aliphatic rings. The van der Waals surface area contributed by atoms with Gasteiger partial charge in [-0.05, 0) is 23.9 Å². The molecule has 1 atom stereocenters. The number of hydrogen-bond donors (Lipinski definition) is 0. The standard InChI is InChI=1S/C10H19ClO/c1-3-5-6-9(4-2)7-8-10(11)12/h9H,3-8H2,1-2H3/t9-/m1/s1. The van der Waals surface area contributed by atoms with Crippen LogP contribution in [0.4, 0.5) is 0 Å². The quantitative estimate of drug-likeness (QED) is 0.559. The first kappa shape index (κ1) is 12.0. The molecule has 0 aliphatic heterocycles. The molecular formula is C10H19ClO. The van der Waals surface area contributed by atoms with E-state index in [1.165, 1.54) is 25.7 Å². The molecule has 0 aromatic rings. The summed E-state index contributed by atoms with van der Waals surface area (Å²) in [5.74, 6) is 0.702. The molecule has 2 heteroatoms. The number of halogens is 1. The molecule has 72 valence electrons. The fourth-order valence-electron chi connectivity index (χ4n) is 1.36. The summed E-state index contributed by atoms with van der Waals surface area (Å²) in [4.78, 5) is 10.5. The molecule has 1 nitrogen and oxygen atoms in total. The van der Waals surface area contributed by atoms with Crippen LogP contribution in [0.5, 0.6) is 0 Å². The smallest absolute Gasteiger partial charge is 0.221 e. The Hall–Kier alpha value is -0.0400. The fraction of sp³-hybridized carbons (Fsp3) is 0.900. The summed E-state index contributed by atoms with van der Waals surface area (Å²) in [6, 6.07) is 0. The monoisotopic (exact) mass is 190 g/mol. The largest absolute Gasteiger partial charge is 0.281 e. The minimum atomic E-state index is -0.190. The fourth-order valence-corrected chi connectivity index (χ4v) is 1.47. The first-order valence-electron chi connectivity index (χ1n) is 4.89. The Morgan fingerprint density at radius 2 is 2.00 bits per heavy atom. The SMILES string of the molecule is CCCC[C@@H](CC)CCC(=O)Cl. The lowest BCUT2D eigenvalue weighted by Gasteiger charge is -2.12. The Morgan fingerprint density at radius 3 is 2.42 bits per heavy atom. The van der Waals surface area contributed by atoms with E-state index in [0.717, 1.165) is 6.42 Å². The summed E-state index contributed by atoms with van der Waals surface area (Å²) in [6.07, 6.45) is 6.45. The molecule has 0 aliphatic carbocycles. The second-order valence-electron chi connectivity index (χ2n) is 3.31. The molecule has 0 aromatic carbocycles. The van der Waals surface area contributed by atoms with Gasteiger partial charge in [-0.2, -0.15) is 0 Å². The lowest BCUT2D eigenvalue weighted by Crippen LogP contribution is -2.00. The van der Waals surface area contributed by atoms with Crippen molar-refractivity contribution < 1.29 is 4.79 Å². The minimum absolute atomic E-state index is 0.190. The zero-order chi connectivity index (χ0) is 9.40. The van der Waals surface area contributed by atoms with Crippen LogP contribution in [0, 0.1) is 5.92 Å². The van der Waals surface area contributed by atoms with E-state index in [1.54, 1.807) is 0 Å². The Morgan fingerprint density at radius 1 is 1.33 bits per heavy atom. The molecule has 0 rings (SSSR count). The van der Waals surface area contributed by atoms with E-state index in [2.05, 4.69) is 13.8 Å². The topological polar surface area (TPSA) is 17.1 Å². The second kappa shape index (κ2) is 7.60. The maximum absolute atomic E-state index is 10.5. The molecule has 0 bridgehead atoms. The van der Waals surface area contributed by atoms with Crippen LogP contribution in [-0.4, -0.2) is 5.24 Å². The summed E-state index contributed by atoms with van der Waals surface area (Å²) in [7, 11) is 0. The van der Waals surface area contributed by atoms with Crippen molar-refractivity contribution >= 4 is 16.8 Å². The highest BCUT2D eigenvalue weighted by Crippen LogP contribution is 2.18. The van der Waals surface area contributed by atoms with Gasteiger partial charge in [-0.1, -0.05) is 39.5 Å². The third-order valence-electron chi connectivity index (χ3n) is 2.29. The van der Waals surface area contributed by atoms with Crippen molar-refractivity contribution in [1.82, 2.24) is 0 Å². The summed E-state index contributed by atoms with van der Waals surface area (Å²) in [5, 5.41) is -0.190. The van der Waals surface area contributed by atoms with Gasteiger partial charge in [0.25, 0.3) is 0 Å². The number of carbonyl (C=O) groups is 1. The van der Waals surface area contributed by atoms with Crippen molar-refractivity contribution in [3.8, 4) is 0 Å². The van der Waals surface area contributed by atoms with Gasteiger partial charge in [-0.25, -0.2) is 0 Å². The van der Waals surface area contributed by atoms with Crippen molar-refractivity contribution in [3.63, 3.8) is 0 Å². The van der Waals surface area contributed by atoms with Crippen LogP contribution >= 0.6 is 11.6 Å². The van der Waals surface area contributed by atoms with Crippen molar-refractivity contribution in [2.24, 2.45) is 5.92 Å². The van der Waals surface area contributed by atoms with Crippen LogP contribution in [0.1, 0.15) is 52.4 Å². The molecule has 0 amide bonds. The van der Waals surface area contributed by atoms with E-state index < -0.39 is 0 Å². The van der Waals surface area contributed by atoms with Crippen molar-refractivity contribution in [1.29, 1.82) is 0 Å². The zero-order valence-electron chi connectivity index (χ0n) is 8.11. The molecule has 0 fully saturated rings. The molecule has 0 radical (unpaired) electrons. The number of unbranched alkanes of at least 4 members (excludes halogenated alkanes) is 1. The molecule has 0 spiro atoms. The van der Waals surface area contributed by atoms with Crippen LogP contribution in [-0.2, 0) is 4.79 Å². The van der Waals surface area contributed by atoms with Gasteiger partial charge in [0.15, 0.2) is 0 Å². The third kappa shape index (κ3) is 6.66. The summed E-state index contributed by atoms with van der Waals surface area (Å²) in [6.45, 7) is 4.37. The van der Waals surface area contributed by atoms with Crippen LogP contribution in [0.15, 0.2) is 0 Å². The third-order valence-corrected chi connectivity index (χ3v) is 2.48. The van der Waals surface area contributed by atoms with Crippen LogP contribution in [0.3, 0.4) is 0 Å². The van der Waals surface area contributed by atoms with E-state index in [9.17, 15) is 4.79 Å². The van der Waals surface area contributed by atoms with Crippen molar-refractivity contribution in [3.05, 3.63) is 0 Å². The normalized spacial score (nSPS) is 12.9. The van der Waals surface area contributed by atoms with Crippen molar-refractivity contribution in [2.45, 2.75) is 52.4 Å². The van der Waals surface area contributed by atoms with Crippen LogP contribution in [0.2, 0.25) is 0 Å². The van der Waals surface area contributed by atoms with Gasteiger partial charge < -0.3 is 0 Å². The van der Waals surface area contributed by atoms with Gasteiger partial charge >= 0.3 is 0 Å². The van der Waals surface area contributed by atoms with Gasteiger partial charge in [0.2, 0.25) is 5.24 Å². The number of hydrogen-bond acceptors (Lipinski definition) is 1.